The Morgan fingerprint density at radius 3 is 2.34 bits per heavy atom. The van der Waals surface area contributed by atoms with Gasteiger partial charge in [-0.3, -0.25) is 4.79 Å². The Morgan fingerprint density at radius 1 is 1.07 bits per heavy atom. The largest absolute Gasteiger partial charge is 0.493 e. The molecule has 0 aromatic heterocycles. The first-order chi connectivity index (χ1) is 13.7. The standard InChI is InChI=1S/C19H24ClN3O5S/c1-23(2)16-7-5-13(11-15(16)20)22-19(24)9-10-21-29(25,26)14-6-8-17(27-3)18(12-14)28-4/h5-8,11-12,21H,9-10H2,1-4H3,(H,22,24). The fourth-order valence-corrected chi connectivity index (χ4v) is 3.93. The monoisotopic (exact) mass is 441 g/mol. The third-order valence-corrected chi connectivity index (χ3v) is 5.78. The van der Waals surface area contributed by atoms with Crippen molar-refractivity contribution < 1.29 is 22.7 Å². The van der Waals surface area contributed by atoms with Gasteiger partial charge in [0, 0.05) is 38.8 Å². The average molecular weight is 442 g/mol. The lowest BCUT2D eigenvalue weighted by Crippen LogP contribution is -2.27. The maximum absolute atomic E-state index is 12.4. The Labute approximate surface area is 175 Å². The molecule has 0 radical (unpaired) electrons. The number of carbonyl (C=O) groups is 1. The molecular formula is C19H24ClN3O5S. The van der Waals surface area contributed by atoms with Gasteiger partial charge >= 0.3 is 0 Å². The minimum absolute atomic E-state index is 0.0154. The molecule has 1 amide bonds. The molecule has 0 atom stereocenters. The SMILES string of the molecule is COc1ccc(S(=O)(=O)NCCC(=O)Nc2ccc(N(C)C)c(Cl)c2)cc1OC. The van der Waals surface area contributed by atoms with Crippen molar-refractivity contribution in [1.29, 1.82) is 0 Å². The lowest BCUT2D eigenvalue weighted by atomic mass is 10.2. The van der Waals surface area contributed by atoms with Crippen molar-refractivity contribution in [3.63, 3.8) is 0 Å². The van der Waals surface area contributed by atoms with Gasteiger partial charge in [-0.05, 0) is 30.3 Å². The molecule has 0 fully saturated rings. The van der Waals surface area contributed by atoms with Crippen LogP contribution in [-0.2, 0) is 14.8 Å². The van der Waals surface area contributed by atoms with Gasteiger partial charge in [-0.15, -0.1) is 0 Å². The topological polar surface area (TPSA) is 97.0 Å². The molecule has 2 aromatic carbocycles. The highest BCUT2D eigenvalue weighted by Crippen LogP contribution is 2.29. The van der Waals surface area contributed by atoms with Crippen LogP contribution in [0.1, 0.15) is 6.42 Å². The minimum Gasteiger partial charge on any atom is -0.493 e. The summed E-state index contributed by atoms with van der Waals surface area (Å²) in [6.45, 7) is -0.0635. The van der Waals surface area contributed by atoms with Gasteiger partial charge in [0.1, 0.15) is 0 Å². The molecule has 0 spiro atoms. The van der Waals surface area contributed by atoms with Gasteiger partial charge in [-0.25, -0.2) is 13.1 Å². The van der Waals surface area contributed by atoms with Gasteiger partial charge < -0.3 is 19.7 Å². The smallest absolute Gasteiger partial charge is 0.240 e. The van der Waals surface area contributed by atoms with Crippen LogP contribution in [0, 0.1) is 0 Å². The first kappa shape index (κ1) is 22.8. The van der Waals surface area contributed by atoms with E-state index in [2.05, 4.69) is 10.0 Å². The fourth-order valence-electron chi connectivity index (χ4n) is 2.54. The number of carbonyl (C=O) groups excluding carboxylic acids is 1. The number of benzene rings is 2. The van der Waals surface area contributed by atoms with Crippen LogP contribution in [0.4, 0.5) is 11.4 Å². The molecule has 2 aromatic rings. The molecule has 2 rings (SSSR count). The van der Waals surface area contributed by atoms with Crippen LogP contribution in [0.3, 0.4) is 0 Å². The first-order valence-corrected chi connectivity index (χ1v) is 10.5. The molecule has 2 N–H and O–H groups in total. The van der Waals surface area contributed by atoms with E-state index in [0.29, 0.717) is 22.2 Å². The van der Waals surface area contributed by atoms with E-state index in [0.717, 1.165) is 5.69 Å². The van der Waals surface area contributed by atoms with Crippen molar-refractivity contribution in [2.45, 2.75) is 11.3 Å². The van der Waals surface area contributed by atoms with Crippen molar-refractivity contribution in [2.24, 2.45) is 0 Å². The van der Waals surface area contributed by atoms with E-state index in [-0.39, 0.29) is 23.8 Å². The zero-order valence-electron chi connectivity index (χ0n) is 16.7. The number of halogens is 1. The lowest BCUT2D eigenvalue weighted by Gasteiger charge is -2.15. The molecule has 0 bridgehead atoms. The van der Waals surface area contributed by atoms with Crippen LogP contribution >= 0.6 is 11.6 Å². The van der Waals surface area contributed by atoms with Crippen molar-refractivity contribution in [3.05, 3.63) is 41.4 Å². The highest BCUT2D eigenvalue weighted by atomic mass is 35.5. The Balaban J connectivity index is 1.95. The van der Waals surface area contributed by atoms with E-state index in [1.54, 1.807) is 18.2 Å². The van der Waals surface area contributed by atoms with Gasteiger partial charge in [0.25, 0.3) is 0 Å². The van der Waals surface area contributed by atoms with Crippen molar-refractivity contribution in [2.75, 3.05) is 45.1 Å². The third kappa shape index (κ3) is 5.99. The number of rotatable bonds is 9. The maximum Gasteiger partial charge on any atom is 0.240 e. The van der Waals surface area contributed by atoms with Gasteiger partial charge in [-0.2, -0.15) is 0 Å². The summed E-state index contributed by atoms with van der Waals surface area (Å²) < 4.78 is 37.5. The fraction of sp³-hybridized carbons (Fsp3) is 0.316. The molecule has 0 saturated carbocycles. The van der Waals surface area contributed by atoms with Gasteiger partial charge in [-0.1, -0.05) is 11.6 Å². The molecule has 0 aliphatic rings. The zero-order valence-corrected chi connectivity index (χ0v) is 18.2. The summed E-state index contributed by atoms with van der Waals surface area (Å²) >= 11 is 6.18. The third-order valence-electron chi connectivity index (χ3n) is 4.02. The normalized spacial score (nSPS) is 11.1. The van der Waals surface area contributed by atoms with Crippen LogP contribution in [-0.4, -0.2) is 49.2 Å². The quantitative estimate of drug-likeness (QED) is 0.621. The Hall–Kier alpha value is -2.49. The number of sulfonamides is 1. The Morgan fingerprint density at radius 2 is 1.76 bits per heavy atom. The Kier molecular flexibility index (Phi) is 7.72. The van der Waals surface area contributed by atoms with Crippen LogP contribution in [0.15, 0.2) is 41.3 Å². The number of amides is 1. The van der Waals surface area contributed by atoms with E-state index in [1.165, 1.54) is 32.4 Å². The summed E-state index contributed by atoms with van der Waals surface area (Å²) in [4.78, 5) is 14.0. The number of hydrogen-bond donors (Lipinski definition) is 2. The van der Waals surface area contributed by atoms with E-state index < -0.39 is 10.0 Å². The van der Waals surface area contributed by atoms with Gasteiger partial charge in [0.05, 0.1) is 29.8 Å². The van der Waals surface area contributed by atoms with E-state index in [1.807, 2.05) is 19.0 Å². The minimum atomic E-state index is -3.80. The van der Waals surface area contributed by atoms with E-state index in [4.69, 9.17) is 21.1 Å². The predicted octanol–water partition coefficient (Wildman–Crippen LogP) is 2.73. The number of methoxy groups -OCH3 is 2. The number of nitrogens with one attached hydrogen (secondary N) is 2. The second-order valence-electron chi connectivity index (χ2n) is 6.27. The first-order valence-electron chi connectivity index (χ1n) is 8.66. The number of ether oxygens (including phenoxy) is 2. The average Bonchev–Trinajstić information content (AvgIpc) is 2.66. The summed E-state index contributed by atoms with van der Waals surface area (Å²) in [6.07, 6.45) is -0.0421. The van der Waals surface area contributed by atoms with Gasteiger partial charge in [0.15, 0.2) is 11.5 Å². The molecule has 0 unspecified atom stereocenters. The molecule has 8 nitrogen and oxygen atoms in total. The summed E-state index contributed by atoms with van der Waals surface area (Å²) in [5.74, 6) is 0.379. The van der Waals surface area contributed by atoms with E-state index in [9.17, 15) is 13.2 Å². The Bertz CT molecular complexity index is 980. The van der Waals surface area contributed by atoms with Crippen molar-refractivity contribution in [1.82, 2.24) is 4.72 Å². The molecule has 0 heterocycles. The summed E-state index contributed by atoms with van der Waals surface area (Å²) in [5, 5.41) is 3.20. The lowest BCUT2D eigenvalue weighted by molar-refractivity contribution is -0.116. The highest BCUT2D eigenvalue weighted by Gasteiger charge is 2.17. The molecule has 158 valence electrons. The molecule has 0 aliphatic heterocycles. The van der Waals surface area contributed by atoms with Crippen molar-refractivity contribution >= 4 is 38.9 Å². The summed E-state index contributed by atoms with van der Waals surface area (Å²) in [6, 6.07) is 9.42. The summed E-state index contributed by atoms with van der Waals surface area (Å²) in [5.41, 5.74) is 1.36. The maximum atomic E-state index is 12.4. The van der Waals surface area contributed by atoms with Crippen LogP contribution in [0.5, 0.6) is 11.5 Å². The van der Waals surface area contributed by atoms with Crippen molar-refractivity contribution in [3.8, 4) is 11.5 Å². The predicted molar refractivity (Wildman–Crippen MR) is 114 cm³/mol. The zero-order chi connectivity index (χ0) is 21.6. The van der Waals surface area contributed by atoms with Gasteiger partial charge in [0.2, 0.25) is 15.9 Å². The second kappa shape index (κ2) is 9.82. The van der Waals surface area contributed by atoms with Crippen LogP contribution in [0.2, 0.25) is 5.02 Å². The molecule has 10 heteroatoms. The molecular weight excluding hydrogens is 418 g/mol. The molecule has 0 aliphatic carbocycles. The number of anilines is 2. The van der Waals surface area contributed by atoms with E-state index >= 15 is 0 Å². The molecule has 0 saturated heterocycles. The van der Waals surface area contributed by atoms with Crippen LogP contribution < -0.4 is 24.4 Å². The number of nitrogens with zero attached hydrogens (tertiary/aromatic N) is 1. The molecule has 29 heavy (non-hydrogen) atoms. The highest BCUT2D eigenvalue weighted by molar-refractivity contribution is 7.89. The van der Waals surface area contributed by atoms with Crippen LogP contribution in [0.25, 0.3) is 0 Å². The summed E-state index contributed by atoms with van der Waals surface area (Å²) in [7, 11) is 2.81. The second-order valence-corrected chi connectivity index (χ2v) is 8.45. The number of hydrogen-bond acceptors (Lipinski definition) is 6.